The lowest BCUT2D eigenvalue weighted by molar-refractivity contribution is 0.406. The maximum absolute atomic E-state index is 12.4. The number of methoxy groups -OCH3 is 1. The third kappa shape index (κ3) is 2.14. The van der Waals surface area contributed by atoms with Crippen molar-refractivity contribution in [2.45, 2.75) is 6.54 Å². The van der Waals surface area contributed by atoms with E-state index in [1.54, 1.807) is 19.2 Å². The summed E-state index contributed by atoms with van der Waals surface area (Å²) in [7, 11) is 1.60. The van der Waals surface area contributed by atoms with Crippen molar-refractivity contribution in [2.24, 2.45) is 0 Å². The molecule has 0 fully saturated rings. The first kappa shape index (κ1) is 12.3. The predicted molar refractivity (Wildman–Crippen MR) is 75.9 cm³/mol. The summed E-state index contributed by atoms with van der Waals surface area (Å²) in [4.78, 5) is 12.4. The number of para-hydroxylation sites is 1. The van der Waals surface area contributed by atoms with Crippen LogP contribution in [0.25, 0.3) is 10.9 Å². The van der Waals surface area contributed by atoms with Crippen LogP contribution in [0.3, 0.4) is 0 Å². The summed E-state index contributed by atoms with van der Waals surface area (Å²) in [5, 5.41) is 8.61. The normalized spacial score (nSPS) is 10.7. The molecule has 0 atom stereocenters. The molecule has 0 N–H and O–H groups in total. The monoisotopic (exact) mass is 267 g/mol. The Morgan fingerprint density at radius 3 is 2.70 bits per heavy atom. The number of hydrogen-bond acceptors (Lipinski definition) is 4. The topological polar surface area (TPSA) is 57.0 Å². The zero-order valence-corrected chi connectivity index (χ0v) is 11.0. The molecule has 0 radical (unpaired) electrons. The van der Waals surface area contributed by atoms with Crippen LogP contribution in [0.15, 0.2) is 53.3 Å². The minimum Gasteiger partial charge on any atom is -0.496 e. The standard InChI is InChI=1S/C15H13N3O2/c1-20-14-9-5-2-6-11(14)10-18-15(19)12-7-3-4-8-13(12)16-17-18/h2-9H,10H2,1H3. The molecule has 0 aliphatic heterocycles. The zero-order chi connectivity index (χ0) is 13.9. The molecule has 0 unspecified atom stereocenters. The molecule has 0 amide bonds. The second kappa shape index (κ2) is 5.13. The highest BCUT2D eigenvalue weighted by atomic mass is 16.5. The van der Waals surface area contributed by atoms with E-state index in [2.05, 4.69) is 10.3 Å². The maximum atomic E-state index is 12.4. The number of fused-ring (bicyclic) bond motifs is 1. The lowest BCUT2D eigenvalue weighted by atomic mass is 10.2. The Balaban J connectivity index is 2.07. The van der Waals surface area contributed by atoms with Gasteiger partial charge >= 0.3 is 0 Å². The highest BCUT2D eigenvalue weighted by Gasteiger charge is 2.08. The van der Waals surface area contributed by atoms with E-state index in [0.717, 1.165) is 11.3 Å². The molecule has 0 saturated heterocycles. The van der Waals surface area contributed by atoms with Crippen LogP contribution >= 0.6 is 0 Å². The molecule has 0 aliphatic rings. The minimum absolute atomic E-state index is 0.151. The van der Waals surface area contributed by atoms with E-state index in [1.807, 2.05) is 36.4 Å². The highest BCUT2D eigenvalue weighted by Crippen LogP contribution is 2.17. The first-order valence-electron chi connectivity index (χ1n) is 6.24. The number of ether oxygens (including phenoxy) is 1. The van der Waals surface area contributed by atoms with Gasteiger partial charge in [0.15, 0.2) is 0 Å². The van der Waals surface area contributed by atoms with Crippen molar-refractivity contribution in [3.8, 4) is 5.75 Å². The second-order valence-corrected chi connectivity index (χ2v) is 4.38. The fraction of sp³-hybridized carbons (Fsp3) is 0.133. The minimum atomic E-state index is -0.151. The van der Waals surface area contributed by atoms with Gasteiger partial charge in [-0.25, -0.2) is 4.68 Å². The van der Waals surface area contributed by atoms with Crippen molar-refractivity contribution >= 4 is 10.9 Å². The Kier molecular flexibility index (Phi) is 3.16. The Labute approximate surface area is 115 Å². The molecule has 5 heteroatoms. The summed E-state index contributed by atoms with van der Waals surface area (Å²) >= 11 is 0. The largest absolute Gasteiger partial charge is 0.496 e. The molecule has 3 rings (SSSR count). The van der Waals surface area contributed by atoms with Crippen molar-refractivity contribution in [1.29, 1.82) is 0 Å². The quantitative estimate of drug-likeness (QED) is 0.726. The third-order valence-corrected chi connectivity index (χ3v) is 3.14. The SMILES string of the molecule is COc1ccccc1Cn1nnc2ccccc2c1=O. The van der Waals surface area contributed by atoms with Crippen molar-refractivity contribution in [3.63, 3.8) is 0 Å². The van der Waals surface area contributed by atoms with Crippen molar-refractivity contribution in [3.05, 3.63) is 64.4 Å². The average Bonchev–Trinajstić information content (AvgIpc) is 2.51. The molecule has 2 aromatic carbocycles. The Bertz CT molecular complexity index is 811. The molecule has 5 nitrogen and oxygen atoms in total. The number of aromatic nitrogens is 3. The van der Waals surface area contributed by atoms with Gasteiger partial charge in [-0.2, -0.15) is 0 Å². The molecule has 100 valence electrons. The van der Waals surface area contributed by atoms with Gasteiger partial charge in [0, 0.05) is 5.56 Å². The fourth-order valence-electron chi connectivity index (χ4n) is 2.12. The molecule has 20 heavy (non-hydrogen) atoms. The summed E-state index contributed by atoms with van der Waals surface area (Å²) in [5.74, 6) is 0.731. The molecule has 0 saturated carbocycles. The van der Waals surface area contributed by atoms with Crippen LogP contribution in [0.1, 0.15) is 5.56 Å². The van der Waals surface area contributed by atoms with Gasteiger partial charge in [0.2, 0.25) is 0 Å². The molecule has 0 bridgehead atoms. The first-order chi connectivity index (χ1) is 9.79. The van der Waals surface area contributed by atoms with Crippen LogP contribution in [-0.2, 0) is 6.54 Å². The highest BCUT2D eigenvalue weighted by molar-refractivity contribution is 5.76. The second-order valence-electron chi connectivity index (χ2n) is 4.38. The zero-order valence-electron chi connectivity index (χ0n) is 11.0. The smallest absolute Gasteiger partial charge is 0.277 e. The van der Waals surface area contributed by atoms with Crippen LogP contribution in [0, 0.1) is 0 Å². The van der Waals surface area contributed by atoms with E-state index in [0.29, 0.717) is 17.4 Å². The van der Waals surface area contributed by atoms with E-state index < -0.39 is 0 Å². The number of benzene rings is 2. The summed E-state index contributed by atoms with van der Waals surface area (Å²) in [6, 6.07) is 14.7. The van der Waals surface area contributed by atoms with Gasteiger partial charge in [0.1, 0.15) is 11.3 Å². The molecule has 0 aliphatic carbocycles. The summed E-state index contributed by atoms with van der Waals surface area (Å²) in [6.07, 6.45) is 0. The lowest BCUT2D eigenvalue weighted by Crippen LogP contribution is -2.24. The van der Waals surface area contributed by atoms with Gasteiger partial charge in [-0.05, 0) is 18.2 Å². The van der Waals surface area contributed by atoms with E-state index in [4.69, 9.17) is 4.74 Å². The van der Waals surface area contributed by atoms with Gasteiger partial charge in [-0.3, -0.25) is 4.79 Å². The predicted octanol–water partition coefficient (Wildman–Crippen LogP) is 1.85. The fourth-order valence-corrected chi connectivity index (χ4v) is 2.12. The van der Waals surface area contributed by atoms with E-state index in [9.17, 15) is 4.79 Å². The van der Waals surface area contributed by atoms with Gasteiger partial charge < -0.3 is 4.74 Å². The van der Waals surface area contributed by atoms with Crippen LogP contribution in [-0.4, -0.2) is 22.1 Å². The van der Waals surface area contributed by atoms with Crippen LogP contribution in [0.4, 0.5) is 0 Å². The number of rotatable bonds is 3. The molecular weight excluding hydrogens is 254 g/mol. The first-order valence-corrected chi connectivity index (χ1v) is 6.24. The molecule has 1 aromatic heterocycles. The van der Waals surface area contributed by atoms with Crippen LogP contribution < -0.4 is 10.3 Å². The number of hydrogen-bond donors (Lipinski definition) is 0. The molecule has 3 aromatic rings. The molecule has 0 spiro atoms. The van der Waals surface area contributed by atoms with E-state index in [1.165, 1.54) is 4.68 Å². The van der Waals surface area contributed by atoms with Gasteiger partial charge in [0.05, 0.1) is 19.0 Å². The van der Waals surface area contributed by atoms with Crippen molar-refractivity contribution in [1.82, 2.24) is 15.0 Å². The summed E-state index contributed by atoms with van der Waals surface area (Å²) < 4.78 is 6.63. The van der Waals surface area contributed by atoms with E-state index >= 15 is 0 Å². The Morgan fingerprint density at radius 1 is 1.10 bits per heavy atom. The van der Waals surface area contributed by atoms with Gasteiger partial charge in [0.25, 0.3) is 5.56 Å². The Morgan fingerprint density at radius 2 is 1.85 bits per heavy atom. The van der Waals surface area contributed by atoms with Gasteiger partial charge in [-0.15, -0.1) is 5.10 Å². The lowest BCUT2D eigenvalue weighted by Gasteiger charge is -2.09. The van der Waals surface area contributed by atoms with E-state index in [-0.39, 0.29) is 5.56 Å². The van der Waals surface area contributed by atoms with Crippen LogP contribution in [0.2, 0.25) is 0 Å². The van der Waals surface area contributed by atoms with Crippen LogP contribution in [0.5, 0.6) is 5.75 Å². The Hall–Kier alpha value is -2.69. The summed E-state index contributed by atoms with van der Waals surface area (Å²) in [6.45, 7) is 0.334. The summed E-state index contributed by atoms with van der Waals surface area (Å²) in [5.41, 5.74) is 1.34. The van der Waals surface area contributed by atoms with Gasteiger partial charge in [-0.1, -0.05) is 35.5 Å². The van der Waals surface area contributed by atoms with Crippen molar-refractivity contribution < 1.29 is 4.74 Å². The molecule has 1 heterocycles. The average molecular weight is 267 g/mol. The third-order valence-electron chi connectivity index (χ3n) is 3.14. The molecular formula is C15H13N3O2. The maximum Gasteiger partial charge on any atom is 0.277 e. The number of nitrogens with zero attached hydrogens (tertiary/aromatic N) is 3. The van der Waals surface area contributed by atoms with Crippen molar-refractivity contribution in [2.75, 3.05) is 7.11 Å².